The average Bonchev–Trinajstić information content (AvgIpc) is 2.37. The van der Waals surface area contributed by atoms with Gasteiger partial charge in [0.05, 0.1) is 11.3 Å². The zero-order valence-electron chi connectivity index (χ0n) is 12.1. The molecule has 0 spiro atoms. The van der Waals surface area contributed by atoms with E-state index < -0.39 is 4.92 Å². The number of piperazine rings is 1. The molecule has 1 heterocycles. The molecule has 0 aliphatic carbocycles. The number of hydrogen-bond acceptors (Lipinski definition) is 4. The van der Waals surface area contributed by atoms with Gasteiger partial charge in [-0.1, -0.05) is 18.2 Å². The normalized spacial score (nSPS) is 21.5. The van der Waals surface area contributed by atoms with Crippen LogP contribution in [0.3, 0.4) is 0 Å². The smallest absolute Gasteiger partial charge is 0.273 e. The van der Waals surface area contributed by atoms with Crippen molar-refractivity contribution >= 4 is 24.0 Å². The molecular formula is C14H20ClN3O3. The van der Waals surface area contributed by atoms with Gasteiger partial charge in [-0.3, -0.25) is 14.9 Å². The Bertz CT molecular complexity index is 514. The quantitative estimate of drug-likeness (QED) is 0.681. The predicted octanol–water partition coefficient (Wildman–Crippen LogP) is 1.77. The summed E-state index contributed by atoms with van der Waals surface area (Å²) in [5.74, 6) is -0.0560. The molecule has 0 saturated carbocycles. The molecule has 1 N–H and O–H groups in total. The number of para-hydroxylation sites is 1. The molecule has 2 rings (SSSR count). The minimum Gasteiger partial charge on any atom is -0.339 e. The lowest BCUT2D eigenvalue weighted by molar-refractivity contribution is -0.385. The fourth-order valence-corrected chi connectivity index (χ4v) is 2.64. The van der Waals surface area contributed by atoms with Crippen molar-refractivity contribution in [1.82, 2.24) is 10.2 Å². The van der Waals surface area contributed by atoms with Crippen molar-refractivity contribution in [2.45, 2.75) is 32.4 Å². The molecule has 2 atom stereocenters. The van der Waals surface area contributed by atoms with E-state index in [4.69, 9.17) is 0 Å². The van der Waals surface area contributed by atoms with Crippen molar-refractivity contribution < 1.29 is 9.72 Å². The number of hydrogen-bond donors (Lipinski definition) is 1. The maximum Gasteiger partial charge on any atom is 0.273 e. The van der Waals surface area contributed by atoms with E-state index >= 15 is 0 Å². The zero-order valence-corrected chi connectivity index (χ0v) is 12.9. The van der Waals surface area contributed by atoms with Crippen molar-refractivity contribution in [3.8, 4) is 0 Å². The van der Waals surface area contributed by atoms with Crippen LogP contribution in [0.5, 0.6) is 0 Å². The van der Waals surface area contributed by atoms with Crippen LogP contribution in [0.25, 0.3) is 0 Å². The minimum absolute atomic E-state index is 0. The Balaban J connectivity index is 0.00000220. The van der Waals surface area contributed by atoms with Crippen molar-refractivity contribution in [1.29, 1.82) is 0 Å². The number of nitrogens with zero attached hydrogens (tertiary/aromatic N) is 2. The second kappa shape index (κ2) is 7.38. The van der Waals surface area contributed by atoms with Crippen LogP contribution >= 0.6 is 12.4 Å². The third-order valence-electron chi connectivity index (χ3n) is 3.44. The van der Waals surface area contributed by atoms with Crippen LogP contribution in [0.4, 0.5) is 5.69 Å². The summed E-state index contributed by atoms with van der Waals surface area (Å²) >= 11 is 0. The summed E-state index contributed by atoms with van der Waals surface area (Å²) < 4.78 is 0. The van der Waals surface area contributed by atoms with Gasteiger partial charge in [-0.05, 0) is 13.8 Å². The van der Waals surface area contributed by atoms with E-state index in [-0.39, 0.29) is 42.5 Å². The highest BCUT2D eigenvalue weighted by atomic mass is 35.5. The highest BCUT2D eigenvalue weighted by molar-refractivity contribution is 5.85. The number of nitro benzene ring substituents is 1. The molecule has 0 aromatic heterocycles. The van der Waals surface area contributed by atoms with Crippen LogP contribution in [-0.4, -0.2) is 40.9 Å². The number of rotatable bonds is 3. The fourth-order valence-electron chi connectivity index (χ4n) is 2.64. The van der Waals surface area contributed by atoms with Crippen molar-refractivity contribution in [2.24, 2.45) is 0 Å². The summed E-state index contributed by atoms with van der Waals surface area (Å²) in [5.41, 5.74) is 0.485. The third kappa shape index (κ3) is 4.41. The van der Waals surface area contributed by atoms with Crippen LogP contribution in [-0.2, 0) is 11.2 Å². The molecule has 1 aromatic rings. The Morgan fingerprint density at radius 3 is 2.48 bits per heavy atom. The molecule has 0 radical (unpaired) electrons. The van der Waals surface area contributed by atoms with E-state index in [0.29, 0.717) is 18.7 Å². The van der Waals surface area contributed by atoms with Gasteiger partial charge < -0.3 is 10.2 Å². The van der Waals surface area contributed by atoms with Crippen molar-refractivity contribution in [3.05, 3.63) is 39.9 Å². The number of carbonyl (C=O) groups excluding carboxylic acids is 1. The van der Waals surface area contributed by atoms with Gasteiger partial charge in [-0.15, -0.1) is 12.4 Å². The molecule has 2 unspecified atom stereocenters. The maximum absolute atomic E-state index is 12.3. The highest BCUT2D eigenvalue weighted by Gasteiger charge is 2.26. The molecule has 1 aromatic carbocycles. The first-order valence-corrected chi connectivity index (χ1v) is 6.73. The van der Waals surface area contributed by atoms with E-state index in [1.807, 2.05) is 13.8 Å². The number of halogens is 1. The fraction of sp³-hybridized carbons (Fsp3) is 0.500. The Labute approximate surface area is 130 Å². The minimum atomic E-state index is -0.439. The van der Waals surface area contributed by atoms with Gasteiger partial charge in [0.25, 0.3) is 5.69 Å². The molecule has 7 heteroatoms. The number of benzene rings is 1. The summed E-state index contributed by atoms with van der Waals surface area (Å²) in [7, 11) is 0. The van der Waals surface area contributed by atoms with Gasteiger partial charge in [-0.2, -0.15) is 0 Å². The maximum atomic E-state index is 12.3. The Morgan fingerprint density at radius 2 is 1.90 bits per heavy atom. The van der Waals surface area contributed by atoms with E-state index in [2.05, 4.69) is 5.32 Å². The van der Waals surface area contributed by atoms with Gasteiger partial charge in [-0.25, -0.2) is 0 Å². The second-order valence-electron chi connectivity index (χ2n) is 5.33. The molecule has 116 valence electrons. The Morgan fingerprint density at radius 1 is 1.33 bits per heavy atom. The number of carbonyl (C=O) groups is 1. The third-order valence-corrected chi connectivity index (χ3v) is 3.44. The van der Waals surface area contributed by atoms with Gasteiger partial charge in [0.2, 0.25) is 5.91 Å². The Kier molecular flexibility index (Phi) is 6.11. The number of amides is 1. The monoisotopic (exact) mass is 313 g/mol. The van der Waals surface area contributed by atoms with Crippen LogP contribution in [0.1, 0.15) is 19.4 Å². The van der Waals surface area contributed by atoms with Gasteiger partial charge >= 0.3 is 0 Å². The first-order chi connectivity index (χ1) is 9.47. The molecule has 6 nitrogen and oxygen atoms in total. The SMILES string of the molecule is CC1CN(C(=O)Cc2ccccc2[N+](=O)[O-])CC(C)N1.Cl. The number of nitro groups is 1. The predicted molar refractivity (Wildman–Crippen MR) is 82.7 cm³/mol. The van der Waals surface area contributed by atoms with Gasteiger partial charge in [0.1, 0.15) is 0 Å². The molecular weight excluding hydrogens is 294 g/mol. The van der Waals surface area contributed by atoms with Crippen molar-refractivity contribution in [2.75, 3.05) is 13.1 Å². The molecule has 1 aliphatic heterocycles. The number of nitrogens with one attached hydrogen (secondary N) is 1. The second-order valence-corrected chi connectivity index (χ2v) is 5.33. The van der Waals surface area contributed by atoms with Gasteiger partial charge in [0, 0.05) is 36.8 Å². The first kappa shape index (κ1) is 17.4. The van der Waals surface area contributed by atoms with E-state index in [1.54, 1.807) is 23.1 Å². The van der Waals surface area contributed by atoms with Crippen LogP contribution in [0.2, 0.25) is 0 Å². The summed E-state index contributed by atoms with van der Waals surface area (Å²) in [6.07, 6.45) is 0.0800. The van der Waals surface area contributed by atoms with E-state index in [9.17, 15) is 14.9 Å². The summed E-state index contributed by atoms with van der Waals surface area (Å²) in [5, 5.41) is 14.3. The van der Waals surface area contributed by atoms with Crippen LogP contribution < -0.4 is 5.32 Å². The molecule has 0 bridgehead atoms. The molecule has 1 aliphatic rings. The first-order valence-electron chi connectivity index (χ1n) is 6.73. The molecule has 1 amide bonds. The largest absolute Gasteiger partial charge is 0.339 e. The molecule has 1 fully saturated rings. The van der Waals surface area contributed by atoms with Crippen molar-refractivity contribution in [3.63, 3.8) is 0 Å². The van der Waals surface area contributed by atoms with E-state index in [0.717, 1.165) is 0 Å². The Hall–Kier alpha value is -1.66. The highest BCUT2D eigenvalue weighted by Crippen LogP contribution is 2.19. The lowest BCUT2D eigenvalue weighted by Crippen LogP contribution is -2.56. The van der Waals surface area contributed by atoms with Crippen LogP contribution in [0.15, 0.2) is 24.3 Å². The topological polar surface area (TPSA) is 75.5 Å². The lowest BCUT2D eigenvalue weighted by Gasteiger charge is -2.36. The standard InChI is InChI=1S/C14H19N3O3.ClH/c1-10-8-16(9-11(2)15-10)14(18)7-12-5-3-4-6-13(12)17(19)20;/h3-6,10-11,15H,7-9H2,1-2H3;1H. The zero-order chi connectivity index (χ0) is 14.7. The average molecular weight is 314 g/mol. The summed E-state index contributed by atoms with van der Waals surface area (Å²) in [6.45, 7) is 5.34. The lowest BCUT2D eigenvalue weighted by atomic mass is 10.1. The molecule has 21 heavy (non-hydrogen) atoms. The summed E-state index contributed by atoms with van der Waals surface area (Å²) in [6, 6.07) is 6.90. The molecule has 1 saturated heterocycles. The van der Waals surface area contributed by atoms with Crippen LogP contribution in [0, 0.1) is 10.1 Å². The summed E-state index contributed by atoms with van der Waals surface area (Å²) in [4.78, 5) is 24.6. The van der Waals surface area contributed by atoms with Gasteiger partial charge in [0.15, 0.2) is 0 Å². The van der Waals surface area contributed by atoms with E-state index in [1.165, 1.54) is 6.07 Å².